The van der Waals surface area contributed by atoms with E-state index in [4.69, 9.17) is 4.74 Å². The molecule has 1 aliphatic heterocycles. The molecule has 7 nitrogen and oxygen atoms in total. The molecule has 2 amide bonds. The number of alkyl carbamates (subject to hydrolysis) is 1. The fourth-order valence-corrected chi connectivity index (χ4v) is 4.84. The van der Waals surface area contributed by atoms with Crippen LogP contribution in [0.2, 0.25) is 0 Å². The van der Waals surface area contributed by atoms with Gasteiger partial charge in [-0.15, -0.1) is 0 Å². The number of nitrogens with zero attached hydrogens (tertiary/aromatic N) is 1. The van der Waals surface area contributed by atoms with Gasteiger partial charge >= 0.3 is 12.1 Å². The second kappa shape index (κ2) is 8.94. The van der Waals surface area contributed by atoms with E-state index in [0.717, 1.165) is 22.3 Å². The molecule has 2 aliphatic rings. The highest BCUT2D eigenvalue weighted by atomic mass is 19.3. The first kappa shape index (κ1) is 24.6. The maximum absolute atomic E-state index is 14.0. The molecule has 1 heterocycles. The Morgan fingerprint density at radius 3 is 2.14 bits per heavy atom. The van der Waals surface area contributed by atoms with E-state index < -0.39 is 54.4 Å². The number of hydrogen-bond acceptors (Lipinski definition) is 4. The van der Waals surface area contributed by atoms with E-state index in [1.54, 1.807) is 20.8 Å². The van der Waals surface area contributed by atoms with Crippen LogP contribution in [-0.4, -0.2) is 59.1 Å². The summed E-state index contributed by atoms with van der Waals surface area (Å²) >= 11 is 0. The molecule has 2 N–H and O–H groups in total. The van der Waals surface area contributed by atoms with Gasteiger partial charge in [0, 0.05) is 12.3 Å². The Hall–Kier alpha value is -3.49. The van der Waals surface area contributed by atoms with Crippen LogP contribution in [-0.2, 0) is 14.3 Å². The molecule has 0 aromatic heterocycles. The molecule has 2 aromatic rings. The van der Waals surface area contributed by atoms with E-state index in [2.05, 4.69) is 5.32 Å². The van der Waals surface area contributed by atoms with Gasteiger partial charge < -0.3 is 20.1 Å². The Labute approximate surface area is 202 Å². The van der Waals surface area contributed by atoms with E-state index in [9.17, 15) is 28.3 Å². The maximum Gasteiger partial charge on any atom is 0.407 e. The van der Waals surface area contributed by atoms with Crippen molar-refractivity contribution >= 4 is 18.0 Å². The average Bonchev–Trinajstić information content (AvgIpc) is 3.29. The first-order valence-corrected chi connectivity index (χ1v) is 11.4. The number of carboxylic acids is 1. The van der Waals surface area contributed by atoms with Gasteiger partial charge in [0.15, 0.2) is 0 Å². The van der Waals surface area contributed by atoms with Crippen LogP contribution in [0, 0.1) is 5.41 Å². The smallest absolute Gasteiger partial charge is 0.407 e. The Balaban J connectivity index is 1.49. The molecule has 4 rings (SSSR count). The number of amides is 2. The highest BCUT2D eigenvalue weighted by Gasteiger charge is 2.52. The number of halogens is 2. The molecule has 0 radical (unpaired) electrons. The molecule has 186 valence electrons. The topological polar surface area (TPSA) is 95.9 Å². The van der Waals surface area contributed by atoms with E-state index >= 15 is 0 Å². The molecular formula is C26H28F2N2O5. The maximum atomic E-state index is 14.0. The number of aliphatic carboxylic acids is 1. The van der Waals surface area contributed by atoms with E-state index in [1.807, 2.05) is 48.5 Å². The van der Waals surface area contributed by atoms with Gasteiger partial charge in [-0.25, -0.2) is 18.4 Å². The Bertz CT molecular complexity index is 1110. The lowest BCUT2D eigenvalue weighted by Gasteiger charge is -2.34. The summed E-state index contributed by atoms with van der Waals surface area (Å²) in [4.78, 5) is 38.1. The van der Waals surface area contributed by atoms with Crippen molar-refractivity contribution in [1.82, 2.24) is 10.2 Å². The number of hydrogen-bond donors (Lipinski definition) is 2. The first-order valence-electron chi connectivity index (χ1n) is 11.4. The Morgan fingerprint density at radius 2 is 1.63 bits per heavy atom. The second-order valence-electron chi connectivity index (χ2n) is 10.1. The number of nitrogens with one attached hydrogen (secondary N) is 1. The summed E-state index contributed by atoms with van der Waals surface area (Å²) in [6, 6.07) is 12.8. The largest absolute Gasteiger partial charge is 0.480 e. The Morgan fingerprint density at radius 1 is 1.09 bits per heavy atom. The van der Waals surface area contributed by atoms with Gasteiger partial charge in [0.1, 0.15) is 18.7 Å². The van der Waals surface area contributed by atoms with E-state index in [1.165, 1.54) is 0 Å². The number of carbonyl (C=O) groups excluding carboxylic acids is 2. The second-order valence-corrected chi connectivity index (χ2v) is 10.1. The highest BCUT2D eigenvalue weighted by molar-refractivity contribution is 5.90. The number of alkyl halides is 2. The summed E-state index contributed by atoms with van der Waals surface area (Å²) < 4.78 is 33.4. The van der Waals surface area contributed by atoms with Gasteiger partial charge in [0.05, 0.1) is 6.54 Å². The molecule has 0 bridgehead atoms. The summed E-state index contributed by atoms with van der Waals surface area (Å²) in [5.41, 5.74) is 3.29. The summed E-state index contributed by atoms with van der Waals surface area (Å²) in [7, 11) is 0. The molecule has 2 atom stereocenters. The first-order chi connectivity index (χ1) is 16.4. The zero-order valence-corrected chi connectivity index (χ0v) is 19.8. The quantitative estimate of drug-likeness (QED) is 0.659. The molecule has 2 aromatic carbocycles. The molecule has 1 fully saturated rings. The number of benzene rings is 2. The van der Waals surface area contributed by atoms with E-state index in [-0.39, 0.29) is 12.5 Å². The SMILES string of the molecule is CC(C)(C)[C@H](NC(=O)OCC1c2ccccc2-c2ccccc21)C(=O)N1CC(F)(F)C[C@H]1C(=O)O. The lowest BCUT2D eigenvalue weighted by molar-refractivity contribution is -0.150. The summed E-state index contributed by atoms with van der Waals surface area (Å²) in [5.74, 6) is -5.89. The van der Waals surface area contributed by atoms with Crippen molar-refractivity contribution in [3.05, 3.63) is 59.7 Å². The minimum Gasteiger partial charge on any atom is -0.480 e. The van der Waals surface area contributed by atoms with Crippen LogP contribution < -0.4 is 5.32 Å². The summed E-state index contributed by atoms with van der Waals surface area (Å²) in [5, 5.41) is 11.9. The zero-order chi connectivity index (χ0) is 25.5. The van der Waals surface area contributed by atoms with Crippen molar-refractivity contribution < 1.29 is 33.0 Å². The third kappa shape index (κ3) is 4.85. The van der Waals surface area contributed by atoms with Crippen LogP contribution in [0.25, 0.3) is 11.1 Å². The van der Waals surface area contributed by atoms with Crippen LogP contribution in [0.5, 0.6) is 0 Å². The molecule has 1 saturated heterocycles. The third-order valence-electron chi connectivity index (χ3n) is 6.56. The van der Waals surface area contributed by atoms with Crippen LogP contribution in [0.15, 0.2) is 48.5 Å². The van der Waals surface area contributed by atoms with Gasteiger partial charge in [-0.2, -0.15) is 0 Å². The fourth-order valence-electron chi connectivity index (χ4n) is 4.84. The molecule has 9 heteroatoms. The summed E-state index contributed by atoms with van der Waals surface area (Å²) in [6.07, 6.45) is -1.84. The van der Waals surface area contributed by atoms with Crippen molar-refractivity contribution in [2.75, 3.05) is 13.2 Å². The minimum absolute atomic E-state index is 0.0183. The van der Waals surface area contributed by atoms with Gasteiger partial charge in [-0.1, -0.05) is 69.3 Å². The van der Waals surface area contributed by atoms with Crippen LogP contribution in [0.3, 0.4) is 0 Å². The molecule has 0 saturated carbocycles. The average molecular weight is 487 g/mol. The Kier molecular flexibility index (Phi) is 6.29. The predicted octanol–water partition coefficient (Wildman–Crippen LogP) is 4.26. The fraction of sp³-hybridized carbons (Fsp3) is 0.423. The zero-order valence-electron chi connectivity index (χ0n) is 19.8. The number of fused-ring (bicyclic) bond motifs is 3. The highest BCUT2D eigenvalue weighted by Crippen LogP contribution is 2.44. The number of likely N-dealkylation sites (tertiary alicyclic amines) is 1. The number of ether oxygens (including phenoxy) is 1. The van der Waals surface area contributed by atoms with Crippen molar-refractivity contribution in [3.63, 3.8) is 0 Å². The standard InChI is InChI=1S/C26H28F2N2O5/c1-25(2,3)21(22(31)30-14-26(27,28)12-20(30)23(32)33)29-24(34)35-13-19-17-10-6-4-8-15(17)16-9-5-7-11-18(16)19/h4-11,19-21H,12-14H2,1-3H3,(H,29,34)(H,32,33)/t20-,21+/m0/s1. The number of carboxylic acid groups (broad SMARTS) is 1. The van der Waals surface area contributed by atoms with Crippen LogP contribution in [0.4, 0.5) is 13.6 Å². The van der Waals surface area contributed by atoms with E-state index in [0.29, 0.717) is 4.90 Å². The van der Waals surface area contributed by atoms with Crippen molar-refractivity contribution in [2.45, 2.75) is 51.1 Å². The number of rotatable bonds is 5. The van der Waals surface area contributed by atoms with Crippen molar-refractivity contribution in [1.29, 1.82) is 0 Å². The lowest BCUT2D eigenvalue weighted by Crippen LogP contribution is -2.57. The van der Waals surface area contributed by atoms with Crippen LogP contribution in [0.1, 0.15) is 44.2 Å². The van der Waals surface area contributed by atoms with Gasteiger partial charge in [-0.05, 0) is 27.7 Å². The molecule has 0 unspecified atom stereocenters. The van der Waals surface area contributed by atoms with Crippen molar-refractivity contribution in [2.24, 2.45) is 5.41 Å². The van der Waals surface area contributed by atoms with Gasteiger partial charge in [-0.3, -0.25) is 4.79 Å². The normalized spacial score (nSPS) is 19.6. The lowest BCUT2D eigenvalue weighted by atomic mass is 9.85. The molecule has 35 heavy (non-hydrogen) atoms. The number of carbonyl (C=O) groups is 3. The van der Waals surface area contributed by atoms with Crippen molar-refractivity contribution in [3.8, 4) is 11.1 Å². The predicted molar refractivity (Wildman–Crippen MR) is 124 cm³/mol. The minimum atomic E-state index is -3.31. The summed E-state index contributed by atoms with van der Waals surface area (Å²) in [6.45, 7) is 3.97. The van der Waals surface area contributed by atoms with Gasteiger partial charge in [0.25, 0.3) is 5.92 Å². The third-order valence-corrected chi connectivity index (χ3v) is 6.56. The van der Waals surface area contributed by atoms with Gasteiger partial charge in [0.2, 0.25) is 5.91 Å². The molecule has 0 spiro atoms. The molecule has 1 aliphatic carbocycles. The molecular weight excluding hydrogens is 458 g/mol. The van der Waals surface area contributed by atoms with Crippen LogP contribution >= 0.6 is 0 Å². The monoisotopic (exact) mass is 486 g/mol.